The van der Waals surface area contributed by atoms with Crippen LogP contribution in [-0.4, -0.2) is 37.7 Å². The number of nitrogens with two attached hydrogens (primary N) is 1. The van der Waals surface area contributed by atoms with Crippen LogP contribution in [0.3, 0.4) is 0 Å². The van der Waals surface area contributed by atoms with E-state index in [9.17, 15) is 0 Å². The van der Waals surface area contributed by atoms with E-state index in [1.54, 1.807) is 7.11 Å². The van der Waals surface area contributed by atoms with Crippen molar-refractivity contribution in [2.24, 2.45) is 5.73 Å². The number of hydrogen-bond acceptors (Lipinski definition) is 3. The van der Waals surface area contributed by atoms with Crippen molar-refractivity contribution >= 4 is 11.6 Å². The summed E-state index contributed by atoms with van der Waals surface area (Å²) in [5.41, 5.74) is 7.28. The van der Waals surface area contributed by atoms with Crippen molar-refractivity contribution in [2.45, 2.75) is 31.4 Å². The average molecular weight is 283 g/mol. The van der Waals surface area contributed by atoms with Gasteiger partial charge in [-0.2, -0.15) is 0 Å². The van der Waals surface area contributed by atoms with Gasteiger partial charge < -0.3 is 15.4 Å². The quantitative estimate of drug-likeness (QED) is 0.902. The maximum atomic E-state index is 6.24. The molecule has 0 saturated carbocycles. The Morgan fingerprint density at radius 3 is 3.00 bits per heavy atom. The van der Waals surface area contributed by atoms with E-state index in [0.717, 1.165) is 36.6 Å². The number of likely N-dealkylation sites (tertiary alicyclic amines) is 1. The van der Waals surface area contributed by atoms with E-state index in [0.29, 0.717) is 6.10 Å². The highest BCUT2D eigenvalue weighted by Crippen LogP contribution is 2.23. The molecule has 1 aliphatic heterocycles. The van der Waals surface area contributed by atoms with Crippen LogP contribution in [0.1, 0.15) is 30.9 Å². The fourth-order valence-electron chi connectivity index (χ4n) is 2.66. The molecule has 2 atom stereocenters. The van der Waals surface area contributed by atoms with Crippen molar-refractivity contribution in [1.29, 1.82) is 0 Å². The molecule has 4 heteroatoms. The molecule has 0 radical (unpaired) electrons. The molecule has 3 nitrogen and oxygen atoms in total. The first-order valence-corrected chi connectivity index (χ1v) is 7.33. The van der Waals surface area contributed by atoms with Crippen LogP contribution in [0, 0.1) is 0 Å². The Morgan fingerprint density at radius 1 is 1.47 bits per heavy atom. The molecule has 106 valence electrons. The molecule has 1 saturated heterocycles. The van der Waals surface area contributed by atoms with Crippen molar-refractivity contribution in [2.75, 3.05) is 26.7 Å². The fourth-order valence-corrected chi connectivity index (χ4v) is 2.94. The standard InChI is InChI=1S/C15H23ClN2O/c1-19-12-5-4-9-18(11-12)10-8-15(17)13-6-2-3-7-14(13)16/h2-3,6-7,12,15H,4-5,8-11,17H2,1H3. The van der Waals surface area contributed by atoms with E-state index in [1.165, 1.54) is 12.8 Å². The van der Waals surface area contributed by atoms with E-state index >= 15 is 0 Å². The summed E-state index contributed by atoms with van der Waals surface area (Å²) in [4.78, 5) is 2.44. The van der Waals surface area contributed by atoms with E-state index in [4.69, 9.17) is 22.1 Å². The molecule has 1 heterocycles. The number of benzene rings is 1. The van der Waals surface area contributed by atoms with E-state index in [2.05, 4.69) is 4.90 Å². The van der Waals surface area contributed by atoms with Gasteiger partial charge in [0.25, 0.3) is 0 Å². The molecule has 1 aromatic rings. The third-order valence-corrected chi connectivity index (χ3v) is 4.20. The summed E-state index contributed by atoms with van der Waals surface area (Å²) in [6.07, 6.45) is 3.69. The third-order valence-electron chi connectivity index (χ3n) is 3.86. The molecule has 1 fully saturated rings. The number of ether oxygens (including phenoxy) is 1. The van der Waals surface area contributed by atoms with E-state index in [1.807, 2.05) is 24.3 Å². The highest BCUT2D eigenvalue weighted by atomic mass is 35.5. The van der Waals surface area contributed by atoms with Gasteiger partial charge in [-0.3, -0.25) is 0 Å². The first-order chi connectivity index (χ1) is 9.20. The number of nitrogens with zero attached hydrogens (tertiary/aromatic N) is 1. The minimum atomic E-state index is 0.0108. The molecule has 2 unspecified atom stereocenters. The first kappa shape index (κ1) is 14.8. The number of piperidine rings is 1. The number of rotatable bonds is 5. The number of methoxy groups -OCH3 is 1. The lowest BCUT2D eigenvalue weighted by molar-refractivity contribution is 0.0305. The van der Waals surface area contributed by atoms with Crippen molar-refractivity contribution in [3.63, 3.8) is 0 Å². The third kappa shape index (κ3) is 4.18. The molecule has 0 bridgehead atoms. The second-order valence-electron chi connectivity index (χ2n) is 5.22. The van der Waals surface area contributed by atoms with Crippen LogP contribution >= 0.6 is 11.6 Å². The summed E-state index contributed by atoms with van der Waals surface area (Å²) in [5.74, 6) is 0. The predicted octanol–water partition coefficient (Wildman–Crippen LogP) is 2.84. The maximum Gasteiger partial charge on any atom is 0.0698 e. The van der Waals surface area contributed by atoms with Crippen LogP contribution < -0.4 is 5.73 Å². The van der Waals surface area contributed by atoms with Gasteiger partial charge in [-0.15, -0.1) is 0 Å². The Balaban J connectivity index is 1.83. The Morgan fingerprint density at radius 2 is 2.26 bits per heavy atom. The Kier molecular flexibility index (Phi) is 5.64. The number of halogens is 1. The predicted molar refractivity (Wildman–Crippen MR) is 79.5 cm³/mol. The van der Waals surface area contributed by atoms with E-state index < -0.39 is 0 Å². The second kappa shape index (κ2) is 7.25. The Labute approximate surface area is 120 Å². The second-order valence-corrected chi connectivity index (χ2v) is 5.62. The van der Waals surface area contributed by atoms with Crippen molar-refractivity contribution in [3.05, 3.63) is 34.9 Å². The Hall–Kier alpha value is -0.610. The van der Waals surface area contributed by atoms with Crippen LogP contribution in [-0.2, 0) is 4.74 Å². The molecule has 0 amide bonds. The molecule has 1 aromatic carbocycles. The molecule has 0 aromatic heterocycles. The summed E-state index contributed by atoms with van der Waals surface area (Å²) < 4.78 is 5.44. The van der Waals surface area contributed by atoms with Gasteiger partial charge in [0.1, 0.15) is 0 Å². The van der Waals surface area contributed by atoms with Gasteiger partial charge in [0.2, 0.25) is 0 Å². The zero-order chi connectivity index (χ0) is 13.7. The summed E-state index contributed by atoms with van der Waals surface area (Å²) in [5, 5.41) is 0.767. The topological polar surface area (TPSA) is 38.5 Å². The van der Waals surface area contributed by atoms with Gasteiger partial charge in [-0.1, -0.05) is 29.8 Å². The lowest BCUT2D eigenvalue weighted by Crippen LogP contribution is -2.40. The zero-order valence-corrected chi connectivity index (χ0v) is 12.3. The molecule has 2 N–H and O–H groups in total. The molecule has 19 heavy (non-hydrogen) atoms. The first-order valence-electron chi connectivity index (χ1n) is 6.96. The van der Waals surface area contributed by atoms with Gasteiger partial charge >= 0.3 is 0 Å². The summed E-state index contributed by atoms with van der Waals surface area (Å²) >= 11 is 6.17. The molecule has 0 aliphatic carbocycles. The van der Waals surface area contributed by atoms with Crippen LogP contribution in [0.25, 0.3) is 0 Å². The lowest BCUT2D eigenvalue weighted by Gasteiger charge is -2.32. The SMILES string of the molecule is COC1CCCN(CCC(N)c2ccccc2Cl)C1. The largest absolute Gasteiger partial charge is 0.380 e. The van der Waals surface area contributed by atoms with Gasteiger partial charge in [-0.25, -0.2) is 0 Å². The molecule has 0 spiro atoms. The smallest absolute Gasteiger partial charge is 0.0698 e. The molecule has 1 aliphatic rings. The van der Waals surface area contributed by atoms with E-state index in [-0.39, 0.29) is 6.04 Å². The summed E-state index contributed by atoms with van der Waals surface area (Å²) in [7, 11) is 1.80. The minimum Gasteiger partial charge on any atom is -0.380 e. The fraction of sp³-hybridized carbons (Fsp3) is 0.600. The van der Waals surface area contributed by atoms with Crippen LogP contribution in [0.2, 0.25) is 5.02 Å². The highest BCUT2D eigenvalue weighted by molar-refractivity contribution is 6.31. The Bertz CT molecular complexity index is 399. The van der Waals surface area contributed by atoms with Gasteiger partial charge in [0, 0.05) is 31.3 Å². The monoisotopic (exact) mass is 282 g/mol. The summed E-state index contributed by atoms with van der Waals surface area (Å²) in [6, 6.07) is 7.85. The summed E-state index contributed by atoms with van der Waals surface area (Å²) in [6.45, 7) is 3.17. The molecular formula is C15H23ClN2O. The van der Waals surface area contributed by atoms with Crippen LogP contribution in [0.15, 0.2) is 24.3 Å². The van der Waals surface area contributed by atoms with Gasteiger partial charge in [0.05, 0.1) is 6.10 Å². The van der Waals surface area contributed by atoms with Crippen molar-refractivity contribution < 1.29 is 4.74 Å². The zero-order valence-electron chi connectivity index (χ0n) is 11.5. The minimum absolute atomic E-state index is 0.0108. The van der Waals surface area contributed by atoms with Gasteiger partial charge in [-0.05, 0) is 37.4 Å². The number of hydrogen-bond donors (Lipinski definition) is 1. The van der Waals surface area contributed by atoms with Crippen LogP contribution in [0.4, 0.5) is 0 Å². The van der Waals surface area contributed by atoms with Crippen molar-refractivity contribution in [3.8, 4) is 0 Å². The average Bonchev–Trinajstić information content (AvgIpc) is 2.45. The van der Waals surface area contributed by atoms with Crippen LogP contribution in [0.5, 0.6) is 0 Å². The lowest BCUT2D eigenvalue weighted by atomic mass is 10.0. The maximum absolute atomic E-state index is 6.24. The highest BCUT2D eigenvalue weighted by Gasteiger charge is 2.20. The normalized spacial score (nSPS) is 22.4. The van der Waals surface area contributed by atoms with Crippen molar-refractivity contribution in [1.82, 2.24) is 4.90 Å². The molecular weight excluding hydrogens is 260 g/mol. The molecule has 2 rings (SSSR count). The van der Waals surface area contributed by atoms with Gasteiger partial charge in [0.15, 0.2) is 0 Å².